The third kappa shape index (κ3) is 3.34. The van der Waals surface area contributed by atoms with E-state index in [2.05, 4.69) is 10.2 Å². The van der Waals surface area contributed by atoms with Crippen molar-refractivity contribution in [2.24, 2.45) is 0 Å². The molecule has 0 unspecified atom stereocenters. The largest absolute Gasteiger partial charge is 0.288 e. The number of benzene rings is 2. The summed E-state index contributed by atoms with van der Waals surface area (Å²) in [5, 5.41) is 7.66. The summed E-state index contributed by atoms with van der Waals surface area (Å²) in [5.41, 5.74) is 2.20. The molecule has 0 aliphatic carbocycles. The first kappa shape index (κ1) is 18.1. The van der Waals surface area contributed by atoms with Gasteiger partial charge in [-0.2, -0.15) is 0 Å². The maximum Gasteiger partial charge on any atom is 0.266 e. The number of pyridine rings is 1. The van der Waals surface area contributed by atoms with Gasteiger partial charge in [0.2, 0.25) is 0 Å². The molecule has 0 aliphatic rings. The van der Waals surface area contributed by atoms with E-state index in [1.807, 2.05) is 13.0 Å². The number of rotatable bonds is 5. The molecule has 0 fully saturated rings. The van der Waals surface area contributed by atoms with E-state index in [9.17, 15) is 12.8 Å². The molecular weight excluding hydrogens is 379 g/mol. The molecule has 0 aliphatic heterocycles. The summed E-state index contributed by atoms with van der Waals surface area (Å²) in [6, 6.07) is 16.3. The lowest BCUT2D eigenvalue weighted by Gasteiger charge is -2.25. The van der Waals surface area contributed by atoms with Gasteiger partial charge in [-0.3, -0.25) is 8.71 Å². The molecule has 0 radical (unpaired) electrons. The fraction of sp³-hybridized carbons (Fsp3) is 0.100. The fourth-order valence-electron chi connectivity index (χ4n) is 2.97. The minimum atomic E-state index is -3.96. The Balaban J connectivity index is 1.84. The number of hydrogen-bond acceptors (Lipinski definition) is 4. The van der Waals surface area contributed by atoms with Gasteiger partial charge in [-0.1, -0.05) is 30.3 Å². The van der Waals surface area contributed by atoms with Gasteiger partial charge in [0, 0.05) is 11.8 Å². The van der Waals surface area contributed by atoms with E-state index < -0.39 is 15.8 Å². The molecule has 4 rings (SSSR count). The van der Waals surface area contributed by atoms with Crippen LogP contribution < -0.4 is 4.31 Å². The first-order chi connectivity index (χ1) is 13.4. The summed E-state index contributed by atoms with van der Waals surface area (Å²) < 4.78 is 44.0. The topological polar surface area (TPSA) is 67.6 Å². The summed E-state index contributed by atoms with van der Waals surface area (Å²) in [6.45, 7) is 1.75. The Morgan fingerprint density at radius 1 is 1.07 bits per heavy atom. The SMILES string of the molecule is Cc1cccc(N(Cc2ccccc2F)S(=O)(=O)c2ccc3nncn3c2)c1. The third-order valence-electron chi connectivity index (χ3n) is 4.41. The maximum absolute atomic E-state index is 14.3. The molecule has 0 saturated carbocycles. The molecule has 28 heavy (non-hydrogen) atoms. The lowest BCUT2D eigenvalue weighted by atomic mass is 10.2. The molecule has 0 atom stereocenters. The van der Waals surface area contributed by atoms with Gasteiger partial charge in [0.1, 0.15) is 17.0 Å². The number of nitrogens with zero attached hydrogens (tertiary/aromatic N) is 4. The van der Waals surface area contributed by atoms with Gasteiger partial charge in [0.05, 0.1) is 12.2 Å². The third-order valence-corrected chi connectivity index (χ3v) is 6.17. The van der Waals surface area contributed by atoms with Gasteiger partial charge < -0.3 is 0 Å². The Labute approximate surface area is 161 Å². The summed E-state index contributed by atoms with van der Waals surface area (Å²) in [7, 11) is -3.96. The molecule has 8 heteroatoms. The predicted molar refractivity (Wildman–Crippen MR) is 104 cm³/mol. The van der Waals surface area contributed by atoms with Gasteiger partial charge >= 0.3 is 0 Å². The maximum atomic E-state index is 14.3. The number of sulfonamides is 1. The van der Waals surface area contributed by atoms with Crippen LogP contribution in [0.4, 0.5) is 10.1 Å². The zero-order valence-electron chi connectivity index (χ0n) is 15.0. The fourth-order valence-corrected chi connectivity index (χ4v) is 4.41. The van der Waals surface area contributed by atoms with Crippen LogP contribution in [0.15, 0.2) is 78.1 Å². The van der Waals surface area contributed by atoms with E-state index in [-0.39, 0.29) is 17.0 Å². The Kier molecular flexibility index (Phi) is 4.56. The number of fused-ring (bicyclic) bond motifs is 1. The number of halogens is 1. The molecule has 6 nitrogen and oxygen atoms in total. The number of hydrogen-bond donors (Lipinski definition) is 0. The number of aromatic nitrogens is 3. The molecule has 142 valence electrons. The van der Waals surface area contributed by atoms with Gasteiger partial charge in [-0.05, 0) is 42.8 Å². The van der Waals surface area contributed by atoms with E-state index in [1.54, 1.807) is 42.5 Å². The average Bonchev–Trinajstić information content (AvgIpc) is 3.15. The van der Waals surface area contributed by atoms with Crippen molar-refractivity contribution in [1.29, 1.82) is 0 Å². The van der Waals surface area contributed by atoms with Crippen LogP contribution >= 0.6 is 0 Å². The highest BCUT2D eigenvalue weighted by Gasteiger charge is 2.27. The highest BCUT2D eigenvalue weighted by molar-refractivity contribution is 7.92. The van der Waals surface area contributed by atoms with Crippen LogP contribution in [0.2, 0.25) is 0 Å². The lowest BCUT2D eigenvalue weighted by molar-refractivity contribution is 0.585. The van der Waals surface area contributed by atoms with Crippen LogP contribution in [0.25, 0.3) is 5.65 Å². The minimum Gasteiger partial charge on any atom is -0.288 e. The second-order valence-corrected chi connectivity index (χ2v) is 8.27. The second-order valence-electron chi connectivity index (χ2n) is 6.40. The molecule has 2 heterocycles. The van der Waals surface area contributed by atoms with Crippen LogP contribution in [0.1, 0.15) is 11.1 Å². The van der Waals surface area contributed by atoms with Crippen molar-refractivity contribution in [3.8, 4) is 0 Å². The lowest BCUT2D eigenvalue weighted by Crippen LogP contribution is -2.31. The highest BCUT2D eigenvalue weighted by atomic mass is 32.2. The van der Waals surface area contributed by atoms with E-state index in [0.29, 0.717) is 11.3 Å². The molecule has 0 N–H and O–H groups in total. The average molecular weight is 396 g/mol. The van der Waals surface area contributed by atoms with E-state index in [0.717, 1.165) is 5.56 Å². The van der Waals surface area contributed by atoms with Crippen LogP contribution in [0, 0.1) is 12.7 Å². The summed E-state index contributed by atoms with van der Waals surface area (Å²) >= 11 is 0. The predicted octanol–water partition coefficient (Wildman–Crippen LogP) is 3.57. The Morgan fingerprint density at radius 3 is 2.68 bits per heavy atom. The molecule has 2 aromatic carbocycles. The second kappa shape index (κ2) is 7.05. The van der Waals surface area contributed by atoms with Gasteiger partial charge in [0.15, 0.2) is 5.65 Å². The van der Waals surface area contributed by atoms with Gasteiger partial charge in [-0.15, -0.1) is 10.2 Å². The van der Waals surface area contributed by atoms with Crippen molar-refractivity contribution in [1.82, 2.24) is 14.6 Å². The van der Waals surface area contributed by atoms with Crippen LogP contribution in [-0.4, -0.2) is 23.0 Å². The standard InChI is InChI=1S/C20H17FN4O2S/c1-15-5-4-7-17(11-15)25(12-16-6-2-3-8-19(16)21)28(26,27)18-9-10-20-23-22-14-24(20)13-18/h2-11,13-14H,12H2,1H3. The van der Waals surface area contributed by atoms with Crippen molar-refractivity contribution >= 4 is 21.4 Å². The molecule has 0 spiro atoms. The Morgan fingerprint density at radius 2 is 1.89 bits per heavy atom. The minimum absolute atomic E-state index is 0.0673. The van der Waals surface area contributed by atoms with Crippen LogP contribution in [-0.2, 0) is 16.6 Å². The van der Waals surface area contributed by atoms with E-state index >= 15 is 0 Å². The van der Waals surface area contributed by atoms with Crippen molar-refractivity contribution < 1.29 is 12.8 Å². The number of aryl methyl sites for hydroxylation is 1. The summed E-state index contributed by atoms with van der Waals surface area (Å²) in [4.78, 5) is 0.0673. The van der Waals surface area contributed by atoms with Crippen molar-refractivity contribution in [2.45, 2.75) is 18.4 Å². The molecule has 0 saturated heterocycles. The summed E-state index contributed by atoms with van der Waals surface area (Å²) in [5.74, 6) is -0.454. The Bertz CT molecular complexity index is 1250. The Hall–Kier alpha value is -3.26. The first-order valence-corrected chi connectivity index (χ1v) is 10.0. The zero-order chi connectivity index (χ0) is 19.7. The number of anilines is 1. The van der Waals surface area contributed by atoms with Crippen LogP contribution in [0.5, 0.6) is 0 Å². The highest BCUT2D eigenvalue weighted by Crippen LogP contribution is 2.27. The van der Waals surface area contributed by atoms with E-state index in [4.69, 9.17) is 0 Å². The molecular formula is C20H17FN4O2S. The van der Waals surface area contributed by atoms with Gasteiger partial charge in [0.25, 0.3) is 10.0 Å². The summed E-state index contributed by atoms with van der Waals surface area (Å²) in [6.07, 6.45) is 2.89. The molecule has 4 aromatic rings. The van der Waals surface area contributed by atoms with E-state index in [1.165, 1.54) is 33.4 Å². The smallest absolute Gasteiger partial charge is 0.266 e. The first-order valence-electron chi connectivity index (χ1n) is 8.57. The normalized spacial score (nSPS) is 11.6. The van der Waals surface area contributed by atoms with Crippen molar-refractivity contribution in [2.75, 3.05) is 4.31 Å². The molecule has 0 bridgehead atoms. The van der Waals surface area contributed by atoms with Crippen LogP contribution in [0.3, 0.4) is 0 Å². The quantitative estimate of drug-likeness (QED) is 0.517. The molecule has 0 amide bonds. The van der Waals surface area contributed by atoms with Gasteiger partial charge in [-0.25, -0.2) is 12.8 Å². The van der Waals surface area contributed by atoms with Crippen molar-refractivity contribution in [3.63, 3.8) is 0 Å². The zero-order valence-corrected chi connectivity index (χ0v) is 15.8. The monoisotopic (exact) mass is 396 g/mol. The van der Waals surface area contributed by atoms with Crippen molar-refractivity contribution in [3.05, 3.63) is 90.1 Å². The molecule has 2 aromatic heterocycles.